The van der Waals surface area contributed by atoms with Crippen molar-refractivity contribution in [2.75, 3.05) is 13.5 Å². The fourth-order valence-corrected chi connectivity index (χ4v) is 4.42. The first kappa shape index (κ1) is 11.5. The van der Waals surface area contributed by atoms with Crippen LogP contribution in [0.25, 0.3) is 0 Å². The Balaban J connectivity index is 2.67. The van der Waals surface area contributed by atoms with Gasteiger partial charge in [-0.1, -0.05) is 26.8 Å². The van der Waals surface area contributed by atoms with Crippen LogP contribution in [0.1, 0.15) is 20.8 Å². The summed E-state index contributed by atoms with van der Waals surface area (Å²) < 4.78 is 23.9. The van der Waals surface area contributed by atoms with Crippen molar-refractivity contribution >= 4 is 12.4 Å². The van der Waals surface area contributed by atoms with E-state index in [1.807, 2.05) is 39.0 Å². The molecule has 1 aliphatic rings. The van der Waals surface area contributed by atoms with Crippen molar-refractivity contribution in [1.82, 2.24) is 0 Å². The molecule has 0 spiro atoms. The van der Waals surface area contributed by atoms with Gasteiger partial charge < -0.3 is 14.0 Å². The Labute approximate surface area is 96.1 Å². The number of rotatable bonds is 1. The van der Waals surface area contributed by atoms with E-state index in [1.165, 1.54) is 0 Å². The van der Waals surface area contributed by atoms with E-state index in [0.717, 1.165) is 5.30 Å². The molecule has 0 aromatic heterocycles. The van der Waals surface area contributed by atoms with Gasteiger partial charge in [-0.25, -0.2) is 0 Å². The van der Waals surface area contributed by atoms with Crippen LogP contribution in [-0.2, 0) is 4.57 Å². The van der Waals surface area contributed by atoms with E-state index >= 15 is 0 Å². The summed E-state index contributed by atoms with van der Waals surface area (Å²) in [5.41, 5.74) is 0. The topological polar surface area (TPSA) is 35.5 Å². The highest BCUT2D eigenvalue weighted by atomic mass is 31.2. The number of ether oxygens (including phenoxy) is 2. The third-order valence-corrected chi connectivity index (χ3v) is 6.85. The second-order valence-corrected chi connectivity index (χ2v) is 8.52. The van der Waals surface area contributed by atoms with Gasteiger partial charge in [0.1, 0.15) is 17.8 Å². The van der Waals surface area contributed by atoms with Crippen molar-refractivity contribution in [2.24, 2.45) is 0 Å². The van der Waals surface area contributed by atoms with E-state index in [-0.39, 0.29) is 11.5 Å². The van der Waals surface area contributed by atoms with Gasteiger partial charge in [-0.15, -0.1) is 0 Å². The van der Waals surface area contributed by atoms with Crippen LogP contribution in [0.5, 0.6) is 11.5 Å². The first-order chi connectivity index (χ1) is 7.40. The molecular formula is C12H17O3P. The van der Waals surface area contributed by atoms with Crippen LogP contribution >= 0.6 is 7.14 Å². The Morgan fingerprint density at radius 3 is 2.62 bits per heavy atom. The number of benzene rings is 1. The molecule has 1 heterocycles. The van der Waals surface area contributed by atoms with Gasteiger partial charge in [0.25, 0.3) is 0 Å². The Morgan fingerprint density at radius 2 is 2.06 bits per heavy atom. The Morgan fingerprint density at radius 1 is 1.38 bits per heavy atom. The first-order valence-corrected chi connectivity index (χ1v) is 7.19. The first-order valence-electron chi connectivity index (χ1n) is 5.30. The normalized spacial score (nSPS) is 23.8. The molecule has 1 aliphatic heterocycles. The van der Waals surface area contributed by atoms with Gasteiger partial charge in [0.15, 0.2) is 7.14 Å². The molecule has 3 nitrogen and oxygen atoms in total. The molecule has 0 saturated heterocycles. The average molecular weight is 240 g/mol. The van der Waals surface area contributed by atoms with Crippen LogP contribution in [0.3, 0.4) is 0 Å². The van der Waals surface area contributed by atoms with Crippen molar-refractivity contribution < 1.29 is 14.0 Å². The van der Waals surface area contributed by atoms with Crippen LogP contribution in [-0.4, -0.2) is 18.6 Å². The summed E-state index contributed by atoms with van der Waals surface area (Å²) in [6.07, 6.45) is 0.284. The van der Waals surface area contributed by atoms with E-state index in [0.29, 0.717) is 11.5 Å². The van der Waals surface area contributed by atoms with Crippen molar-refractivity contribution in [3.8, 4) is 11.5 Å². The Bertz CT molecular complexity index is 460. The predicted octanol–water partition coefficient (Wildman–Crippen LogP) is 2.83. The van der Waals surface area contributed by atoms with E-state index in [9.17, 15) is 4.57 Å². The second-order valence-electron chi connectivity index (χ2n) is 4.99. The SMILES string of the molecule is COc1cccc2c1[P@@](=O)(C(C)(C)C)CO2. The van der Waals surface area contributed by atoms with Gasteiger partial charge in [0.05, 0.1) is 12.4 Å². The summed E-state index contributed by atoms with van der Waals surface area (Å²) in [5, 5.41) is 0.470. The van der Waals surface area contributed by atoms with Gasteiger partial charge in [0.2, 0.25) is 0 Å². The van der Waals surface area contributed by atoms with Gasteiger partial charge in [0, 0.05) is 5.16 Å². The van der Waals surface area contributed by atoms with Crippen LogP contribution < -0.4 is 14.8 Å². The number of hydrogen-bond donors (Lipinski definition) is 0. The Hall–Kier alpha value is -0.950. The summed E-state index contributed by atoms with van der Waals surface area (Å²) in [5.74, 6) is 1.38. The maximum Gasteiger partial charge on any atom is 0.163 e. The average Bonchev–Trinajstić information content (AvgIpc) is 2.57. The molecule has 0 saturated carbocycles. The van der Waals surface area contributed by atoms with Crippen LogP contribution in [0.2, 0.25) is 0 Å². The van der Waals surface area contributed by atoms with Gasteiger partial charge >= 0.3 is 0 Å². The third kappa shape index (κ3) is 1.46. The summed E-state index contributed by atoms with van der Waals surface area (Å²) >= 11 is 0. The monoisotopic (exact) mass is 240 g/mol. The highest BCUT2D eigenvalue weighted by Gasteiger charge is 2.46. The molecule has 2 rings (SSSR count). The lowest BCUT2D eigenvalue weighted by Crippen LogP contribution is -2.22. The summed E-state index contributed by atoms with van der Waals surface area (Å²) in [7, 11) is -0.947. The molecule has 1 atom stereocenters. The smallest absolute Gasteiger partial charge is 0.163 e. The minimum Gasteiger partial charge on any atom is -0.496 e. The number of hydrogen-bond acceptors (Lipinski definition) is 3. The molecule has 0 N–H and O–H groups in total. The minimum absolute atomic E-state index is 0.284. The van der Waals surface area contributed by atoms with E-state index in [1.54, 1.807) is 7.11 Å². The molecule has 16 heavy (non-hydrogen) atoms. The fourth-order valence-electron chi connectivity index (χ4n) is 1.89. The molecular weight excluding hydrogens is 223 g/mol. The van der Waals surface area contributed by atoms with Crippen molar-refractivity contribution in [3.63, 3.8) is 0 Å². The highest BCUT2D eigenvalue weighted by molar-refractivity contribution is 7.73. The van der Waals surface area contributed by atoms with Crippen molar-refractivity contribution in [1.29, 1.82) is 0 Å². The molecule has 1 aromatic rings. The fraction of sp³-hybridized carbons (Fsp3) is 0.500. The molecule has 0 amide bonds. The molecule has 0 fully saturated rings. The summed E-state index contributed by atoms with van der Waals surface area (Å²) in [6.45, 7) is 5.95. The summed E-state index contributed by atoms with van der Waals surface area (Å²) in [6, 6.07) is 5.55. The molecule has 0 bridgehead atoms. The molecule has 0 aliphatic carbocycles. The van der Waals surface area contributed by atoms with Gasteiger partial charge in [-0.3, -0.25) is 0 Å². The number of fused-ring (bicyclic) bond motifs is 1. The molecule has 1 aromatic carbocycles. The zero-order valence-electron chi connectivity index (χ0n) is 10.1. The highest BCUT2D eigenvalue weighted by Crippen LogP contribution is 2.62. The maximum atomic E-state index is 13.0. The lowest BCUT2D eigenvalue weighted by Gasteiger charge is -2.27. The van der Waals surface area contributed by atoms with Crippen molar-refractivity contribution in [3.05, 3.63) is 18.2 Å². The van der Waals surface area contributed by atoms with Crippen LogP contribution in [0, 0.1) is 0 Å². The lowest BCUT2D eigenvalue weighted by molar-refractivity contribution is 0.387. The standard InChI is InChI=1S/C12H17O3P/c1-12(2,3)16(13)8-15-10-7-5-6-9(14-4)11(10)16/h5-7H,8H2,1-4H3/t16-/m1/s1. The van der Waals surface area contributed by atoms with E-state index in [2.05, 4.69) is 0 Å². The third-order valence-electron chi connectivity index (χ3n) is 3.03. The zero-order chi connectivity index (χ0) is 12.0. The lowest BCUT2D eigenvalue weighted by atomic mass is 10.3. The molecule has 4 heteroatoms. The predicted molar refractivity (Wildman–Crippen MR) is 65.5 cm³/mol. The largest absolute Gasteiger partial charge is 0.496 e. The quantitative estimate of drug-likeness (QED) is 0.708. The van der Waals surface area contributed by atoms with Crippen LogP contribution in [0.4, 0.5) is 0 Å². The second kappa shape index (κ2) is 3.53. The number of methoxy groups -OCH3 is 1. The van der Waals surface area contributed by atoms with Crippen molar-refractivity contribution in [2.45, 2.75) is 25.9 Å². The van der Waals surface area contributed by atoms with Gasteiger partial charge in [-0.2, -0.15) is 0 Å². The maximum absolute atomic E-state index is 13.0. The molecule has 88 valence electrons. The minimum atomic E-state index is -2.55. The zero-order valence-corrected chi connectivity index (χ0v) is 11.0. The van der Waals surface area contributed by atoms with E-state index < -0.39 is 7.14 Å². The van der Waals surface area contributed by atoms with Gasteiger partial charge in [-0.05, 0) is 12.1 Å². The molecule has 0 radical (unpaired) electrons. The van der Waals surface area contributed by atoms with E-state index in [4.69, 9.17) is 9.47 Å². The van der Waals surface area contributed by atoms with Crippen LogP contribution in [0.15, 0.2) is 18.2 Å². The molecule has 0 unspecified atom stereocenters. The Kier molecular flexibility index (Phi) is 2.54. The summed E-state index contributed by atoms with van der Waals surface area (Å²) in [4.78, 5) is 0.